The van der Waals surface area contributed by atoms with Crippen molar-refractivity contribution in [1.82, 2.24) is 10.2 Å². The van der Waals surface area contributed by atoms with E-state index in [4.69, 9.17) is 4.74 Å². The fraction of sp³-hybridized carbons (Fsp3) is 0.429. The Labute approximate surface area is 112 Å². The summed E-state index contributed by atoms with van der Waals surface area (Å²) in [5.41, 5.74) is 1.52. The highest BCUT2D eigenvalue weighted by Gasteiger charge is 2.30. The van der Waals surface area contributed by atoms with Crippen LogP contribution in [-0.4, -0.2) is 43.0 Å². The van der Waals surface area contributed by atoms with Gasteiger partial charge in [-0.15, -0.1) is 0 Å². The third-order valence-corrected chi connectivity index (χ3v) is 3.41. The van der Waals surface area contributed by atoms with Crippen LogP contribution in [0.5, 0.6) is 5.75 Å². The Morgan fingerprint density at radius 3 is 2.89 bits per heavy atom. The molecule has 0 aromatic heterocycles. The molecule has 0 spiro atoms. The molecule has 1 fully saturated rings. The summed E-state index contributed by atoms with van der Waals surface area (Å²) in [6.45, 7) is 4.68. The summed E-state index contributed by atoms with van der Waals surface area (Å²) in [5.74, 6) is 0.430. The Hall–Kier alpha value is -2.04. The van der Waals surface area contributed by atoms with Gasteiger partial charge < -0.3 is 15.0 Å². The number of carbonyl (C=O) groups is 2. The van der Waals surface area contributed by atoms with Gasteiger partial charge in [-0.1, -0.05) is 6.07 Å². The zero-order valence-electron chi connectivity index (χ0n) is 11.4. The molecular weight excluding hydrogens is 244 g/mol. The minimum Gasteiger partial charge on any atom is -0.496 e. The van der Waals surface area contributed by atoms with E-state index < -0.39 is 6.04 Å². The van der Waals surface area contributed by atoms with Gasteiger partial charge in [-0.3, -0.25) is 9.59 Å². The summed E-state index contributed by atoms with van der Waals surface area (Å²) in [4.78, 5) is 25.6. The van der Waals surface area contributed by atoms with E-state index >= 15 is 0 Å². The van der Waals surface area contributed by atoms with Crippen molar-refractivity contribution in [2.75, 3.05) is 20.2 Å². The molecule has 0 aliphatic carbocycles. The second-order valence-electron chi connectivity index (χ2n) is 4.65. The molecule has 2 amide bonds. The lowest BCUT2D eigenvalue weighted by Gasteiger charge is -2.32. The lowest BCUT2D eigenvalue weighted by molar-refractivity contribution is -0.127. The van der Waals surface area contributed by atoms with Gasteiger partial charge in [0, 0.05) is 18.7 Å². The maximum absolute atomic E-state index is 12.4. The van der Waals surface area contributed by atoms with Crippen LogP contribution >= 0.6 is 0 Å². The first-order valence-electron chi connectivity index (χ1n) is 6.28. The van der Waals surface area contributed by atoms with Gasteiger partial charge in [0.2, 0.25) is 5.91 Å². The minimum absolute atomic E-state index is 0.112. The van der Waals surface area contributed by atoms with Crippen molar-refractivity contribution in [1.29, 1.82) is 0 Å². The normalized spacial score (nSPS) is 19.0. The predicted molar refractivity (Wildman–Crippen MR) is 71.2 cm³/mol. The molecule has 5 heteroatoms. The number of amides is 2. The molecule has 0 bridgehead atoms. The number of hydrogen-bond acceptors (Lipinski definition) is 3. The number of rotatable bonds is 2. The lowest BCUT2D eigenvalue weighted by Crippen LogP contribution is -2.55. The summed E-state index contributed by atoms with van der Waals surface area (Å²) >= 11 is 0. The molecular formula is C14H18N2O3. The number of nitrogens with one attached hydrogen (secondary N) is 1. The summed E-state index contributed by atoms with van der Waals surface area (Å²) in [6.07, 6.45) is 0. The maximum atomic E-state index is 12.4. The van der Waals surface area contributed by atoms with Crippen molar-refractivity contribution in [2.24, 2.45) is 0 Å². The van der Waals surface area contributed by atoms with E-state index in [-0.39, 0.29) is 11.8 Å². The van der Waals surface area contributed by atoms with E-state index in [2.05, 4.69) is 5.32 Å². The van der Waals surface area contributed by atoms with E-state index in [1.54, 1.807) is 31.1 Å². The Bertz CT molecular complexity index is 513. The first kappa shape index (κ1) is 13.4. The number of methoxy groups -OCH3 is 1. The molecule has 102 valence electrons. The van der Waals surface area contributed by atoms with Crippen LogP contribution in [0, 0.1) is 6.92 Å². The number of piperazine rings is 1. The SMILES string of the molecule is COc1cc(C(=O)N2CCNC(=O)C2C)ccc1C. The summed E-state index contributed by atoms with van der Waals surface area (Å²) < 4.78 is 5.22. The first-order valence-corrected chi connectivity index (χ1v) is 6.28. The van der Waals surface area contributed by atoms with Gasteiger partial charge >= 0.3 is 0 Å². The number of aryl methyl sites for hydroxylation is 1. The molecule has 1 aliphatic rings. The molecule has 19 heavy (non-hydrogen) atoms. The van der Waals surface area contributed by atoms with Crippen LogP contribution in [0.2, 0.25) is 0 Å². The fourth-order valence-corrected chi connectivity index (χ4v) is 2.18. The standard InChI is InChI=1S/C14H18N2O3/c1-9-4-5-11(8-12(9)19-3)14(18)16-7-6-15-13(17)10(16)2/h4-5,8,10H,6-7H2,1-3H3,(H,15,17). The quantitative estimate of drug-likeness (QED) is 0.863. The lowest BCUT2D eigenvalue weighted by atomic mass is 10.1. The molecule has 0 radical (unpaired) electrons. The van der Waals surface area contributed by atoms with E-state index in [1.165, 1.54) is 0 Å². The molecule has 0 saturated carbocycles. The number of hydrogen-bond donors (Lipinski definition) is 1. The van der Waals surface area contributed by atoms with Gasteiger partial charge in [-0.2, -0.15) is 0 Å². The van der Waals surface area contributed by atoms with Crippen molar-refractivity contribution < 1.29 is 14.3 Å². The predicted octanol–water partition coefficient (Wildman–Crippen LogP) is 0.964. The molecule has 1 N–H and O–H groups in total. The summed E-state index contributed by atoms with van der Waals surface area (Å²) in [6, 6.07) is 4.89. The molecule has 1 atom stereocenters. The molecule has 1 aromatic rings. The molecule has 1 heterocycles. The Balaban J connectivity index is 2.26. The molecule has 1 aromatic carbocycles. The number of benzene rings is 1. The molecule has 1 aliphatic heterocycles. The van der Waals surface area contributed by atoms with Crippen molar-refractivity contribution in [3.8, 4) is 5.75 Å². The van der Waals surface area contributed by atoms with E-state index in [1.807, 2.05) is 13.0 Å². The van der Waals surface area contributed by atoms with Gasteiger partial charge in [-0.25, -0.2) is 0 Å². The average Bonchev–Trinajstić information content (AvgIpc) is 2.41. The highest BCUT2D eigenvalue weighted by Crippen LogP contribution is 2.21. The highest BCUT2D eigenvalue weighted by atomic mass is 16.5. The van der Waals surface area contributed by atoms with E-state index in [9.17, 15) is 9.59 Å². The molecule has 2 rings (SSSR count). The summed E-state index contributed by atoms with van der Waals surface area (Å²) in [7, 11) is 1.58. The topological polar surface area (TPSA) is 58.6 Å². The number of ether oxygens (including phenoxy) is 1. The molecule has 1 unspecified atom stereocenters. The third kappa shape index (κ3) is 2.54. The van der Waals surface area contributed by atoms with Crippen LogP contribution in [0.4, 0.5) is 0 Å². The average molecular weight is 262 g/mol. The Kier molecular flexibility index (Phi) is 3.74. The Morgan fingerprint density at radius 1 is 1.47 bits per heavy atom. The zero-order chi connectivity index (χ0) is 14.0. The van der Waals surface area contributed by atoms with E-state index in [0.29, 0.717) is 24.4 Å². The van der Waals surface area contributed by atoms with Crippen molar-refractivity contribution in [2.45, 2.75) is 19.9 Å². The fourth-order valence-electron chi connectivity index (χ4n) is 2.18. The molecule has 1 saturated heterocycles. The number of nitrogens with zero attached hydrogens (tertiary/aromatic N) is 1. The van der Waals surface area contributed by atoms with Crippen LogP contribution in [-0.2, 0) is 4.79 Å². The van der Waals surface area contributed by atoms with Gasteiger partial charge in [0.05, 0.1) is 7.11 Å². The zero-order valence-corrected chi connectivity index (χ0v) is 11.4. The summed E-state index contributed by atoms with van der Waals surface area (Å²) in [5, 5.41) is 2.74. The highest BCUT2D eigenvalue weighted by molar-refractivity contribution is 5.98. The smallest absolute Gasteiger partial charge is 0.254 e. The van der Waals surface area contributed by atoms with Crippen LogP contribution in [0.15, 0.2) is 18.2 Å². The third-order valence-electron chi connectivity index (χ3n) is 3.41. The maximum Gasteiger partial charge on any atom is 0.254 e. The minimum atomic E-state index is -0.437. The van der Waals surface area contributed by atoms with Gasteiger partial charge in [0.15, 0.2) is 0 Å². The van der Waals surface area contributed by atoms with Gasteiger partial charge in [0.25, 0.3) is 5.91 Å². The van der Waals surface area contributed by atoms with Crippen molar-refractivity contribution in [3.05, 3.63) is 29.3 Å². The first-order chi connectivity index (χ1) is 9.04. The van der Waals surface area contributed by atoms with Crippen molar-refractivity contribution >= 4 is 11.8 Å². The second kappa shape index (κ2) is 5.30. The number of carbonyl (C=O) groups excluding carboxylic acids is 2. The second-order valence-corrected chi connectivity index (χ2v) is 4.65. The van der Waals surface area contributed by atoms with Crippen LogP contribution in [0.1, 0.15) is 22.8 Å². The molecule has 5 nitrogen and oxygen atoms in total. The van der Waals surface area contributed by atoms with Crippen LogP contribution in [0.3, 0.4) is 0 Å². The van der Waals surface area contributed by atoms with E-state index in [0.717, 1.165) is 5.56 Å². The monoisotopic (exact) mass is 262 g/mol. The van der Waals surface area contributed by atoms with Gasteiger partial charge in [-0.05, 0) is 31.5 Å². The van der Waals surface area contributed by atoms with Gasteiger partial charge in [0.1, 0.15) is 11.8 Å². The Morgan fingerprint density at radius 2 is 2.21 bits per heavy atom. The van der Waals surface area contributed by atoms with Crippen LogP contribution < -0.4 is 10.1 Å². The van der Waals surface area contributed by atoms with Crippen LogP contribution in [0.25, 0.3) is 0 Å². The van der Waals surface area contributed by atoms with Crippen molar-refractivity contribution in [3.63, 3.8) is 0 Å². The largest absolute Gasteiger partial charge is 0.496 e.